The minimum absolute atomic E-state index is 0.000766. The minimum atomic E-state index is -0.988. The summed E-state index contributed by atoms with van der Waals surface area (Å²) in [6, 6.07) is 35.3. The van der Waals surface area contributed by atoms with E-state index in [-0.39, 0.29) is 42.1 Å². The molecule has 0 aromatic heterocycles. The molecular formula is C62H83NO6S. The lowest BCUT2D eigenvalue weighted by molar-refractivity contribution is -0.223. The summed E-state index contributed by atoms with van der Waals surface area (Å²) in [4.78, 5) is 6.31. The number of nitrogens with zero attached hydrogens (tertiary/aromatic N) is 1. The molecular weight excluding hydrogens is 887 g/mol. The van der Waals surface area contributed by atoms with Gasteiger partial charge in [-0.25, -0.2) is 0 Å². The van der Waals surface area contributed by atoms with Crippen molar-refractivity contribution in [1.29, 1.82) is 0 Å². The zero-order valence-electron chi connectivity index (χ0n) is 42.3. The maximum Gasteiger partial charge on any atom is 0.230 e. The van der Waals surface area contributed by atoms with Gasteiger partial charge in [0.15, 0.2) is 0 Å². The van der Waals surface area contributed by atoms with E-state index in [4.69, 9.17) is 24.2 Å². The topological polar surface area (TPSA) is 89.7 Å². The van der Waals surface area contributed by atoms with Crippen molar-refractivity contribution in [3.63, 3.8) is 0 Å². The SMILES string of the molecule is C=CCOC12Oc3ccc(Oc4ccc(-c5ccccc5)cc4)cc3C3C(CCCCO)C(CCCCO)C=C(C(=NOCc4ccccc4)CC1SCCCCCCCCCCCCCCCC)C32. The summed E-state index contributed by atoms with van der Waals surface area (Å²) >= 11 is 1.97. The third-order valence-electron chi connectivity index (χ3n) is 14.9. The second-order valence-electron chi connectivity index (χ2n) is 20.0. The fourth-order valence-corrected chi connectivity index (χ4v) is 12.7. The highest BCUT2D eigenvalue weighted by Crippen LogP contribution is 2.63. The molecule has 1 fully saturated rings. The van der Waals surface area contributed by atoms with Gasteiger partial charge in [0.1, 0.15) is 23.9 Å². The van der Waals surface area contributed by atoms with E-state index in [1.807, 2.05) is 60.3 Å². The van der Waals surface area contributed by atoms with E-state index < -0.39 is 5.79 Å². The summed E-state index contributed by atoms with van der Waals surface area (Å²) in [5.41, 5.74) is 6.63. The number of ether oxygens (including phenoxy) is 3. The molecule has 0 amide bonds. The number of hydrogen-bond donors (Lipinski definition) is 2. The van der Waals surface area contributed by atoms with Gasteiger partial charge in [-0.1, -0.05) is 193 Å². The summed E-state index contributed by atoms with van der Waals surface area (Å²) < 4.78 is 21.4. The highest BCUT2D eigenvalue weighted by molar-refractivity contribution is 8.00. The molecule has 70 heavy (non-hydrogen) atoms. The maximum absolute atomic E-state index is 10.1. The van der Waals surface area contributed by atoms with Crippen LogP contribution in [-0.2, 0) is 16.2 Å². The van der Waals surface area contributed by atoms with E-state index in [9.17, 15) is 10.2 Å². The molecule has 6 atom stereocenters. The number of thioether (sulfide) groups is 1. The summed E-state index contributed by atoms with van der Waals surface area (Å²) in [6.07, 6.45) is 28.9. The van der Waals surface area contributed by atoms with E-state index >= 15 is 0 Å². The van der Waals surface area contributed by atoms with E-state index in [0.29, 0.717) is 19.6 Å². The van der Waals surface area contributed by atoms with Crippen molar-refractivity contribution in [3.05, 3.63) is 139 Å². The second kappa shape index (κ2) is 29.2. The van der Waals surface area contributed by atoms with Gasteiger partial charge in [-0.3, -0.25) is 0 Å². The van der Waals surface area contributed by atoms with Crippen LogP contribution in [0.2, 0.25) is 0 Å². The van der Waals surface area contributed by atoms with Crippen LogP contribution >= 0.6 is 11.8 Å². The smallest absolute Gasteiger partial charge is 0.230 e. The Morgan fingerprint density at radius 3 is 1.97 bits per heavy atom. The summed E-state index contributed by atoms with van der Waals surface area (Å²) in [5, 5.41) is 25.1. The van der Waals surface area contributed by atoms with Crippen molar-refractivity contribution < 1.29 is 29.3 Å². The fraction of sp³-hybridized carbons (Fsp3) is 0.532. The Labute approximate surface area is 425 Å². The minimum Gasteiger partial charge on any atom is -0.460 e. The zero-order chi connectivity index (χ0) is 48.6. The van der Waals surface area contributed by atoms with Gasteiger partial charge >= 0.3 is 0 Å². The van der Waals surface area contributed by atoms with Crippen molar-refractivity contribution >= 4 is 17.5 Å². The number of fused-ring (bicyclic) bond motifs is 2. The quantitative estimate of drug-likeness (QED) is 0.0279. The van der Waals surface area contributed by atoms with Crippen molar-refractivity contribution in [2.24, 2.45) is 22.9 Å². The van der Waals surface area contributed by atoms with Gasteiger partial charge in [0, 0.05) is 31.1 Å². The van der Waals surface area contributed by atoms with Crippen molar-refractivity contribution in [3.8, 4) is 28.4 Å². The predicted molar refractivity (Wildman–Crippen MR) is 291 cm³/mol. The Balaban J connectivity index is 1.17. The van der Waals surface area contributed by atoms with Gasteiger partial charge in [0.2, 0.25) is 5.79 Å². The maximum atomic E-state index is 10.1. The molecule has 2 aliphatic carbocycles. The van der Waals surface area contributed by atoms with Gasteiger partial charge < -0.3 is 29.3 Å². The Morgan fingerprint density at radius 2 is 1.31 bits per heavy atom. The summed E-state index contributed by atoms with van der Waals surface area (Å²) in [7, 11) is 0. The third-order valence-corrected chi connectivity index (χ3v) is 16.3. The zero-order valence-corrected chi connectivity index (χ0v) is 43.1. The summed E-state index contributed by atoms with van der Waals surface area (Å²) in [5.74, 6) is 2.62. The lowest BCUT2D eigenvalue weighted by Gasteiger charge is -2.58. The first-order valence-corrected chi connectivity index (χ1v) is 28.3. The van der Waals surface area contributed by atoms with Gasteiger partial charge in [0.25, 0.3) is 0 Å². The molecule has 4 aromatic rings. The largest absolute Gasteiger partial charge is 0.460 e. The number of rotatable bonds is 33. The Morgan fingerprint density at radius 1 is 0.700 bits per heavy atom. The highest BCUT2D eigenvalue weighted by atomic mass is 32.2. The van der Waals surface area contributed by atoms with Crippen LogP contribution in [0.4, 0.5) is 0 Å². The molecule has 0 bridgehead atoms. The number of oxime groups is 1. The average molecular weight is 970 g/mol. The number of benzene rings is 4. The Hall–Kier alpha value is -4.34. The average Bonchev–Trinajstić information content (AvgIpc) is 3.39. The first-order valence-electron chi connectivity index (χ1n) is 27.3. The number of aliphatic hydroxyl groups excluding tert-OH is 2. The van der Waals surface area contributed by atoms with Crippen molar-refractivity contribution in [2.75, 3.05) is 25.6 Å². The number of hydrogen-bond acceptors (Lipinski definition) is 8. The molecule has 0 saturated heterocycles. The highest BCUT2D eigenvalue weighted by Gasteiger charge is 2.64. The number of aliphatic hydroxyl groups is 2. The van der Waals surface area contributed by atoms with Crippen LogP contribution in [0.15, 0.2) is 133 Å². The molecule has 378 valence electrons. The number of allylic oxidation sites excluding steroid dienone is 1. The van der Waals surface area contributed by atoms with Gasteiger partial charge in [0.05, 0.1) is 23.5 Å². The standard InChI is InChI=1S/C62H83NO6S/c1-3-5-6-7-8-9-10-11-12-13-14-15-16-27-43-70-59-46-57(63-67-47-48-28-19-17-20-29-48)55-44-51(32-23-25-40-64)54(33-24-26-41-65)60-56-45-53(38-39-58(56)69-62(59,61(55)60)66-42-4-2)68-52-36-34-50(35-37-52)49-30-21-18-22-31-49/h4,17-22,28-31,34-39,44-45,51,54,59-61,64-65H,2-3,5-16,23-27,32-33,40-43,46-47H2,1H3. The molecule has 0 radical (unpaired) electrons. The number of unbranched alkanes of at least 4 members (excludes halogenated alkanes) is 15. The lowest BCUT2D eigenvalue weighted by atomic mass is 9.56. The molecule has 1 aliphatic heterocycles. The van der Waals surface area contributed by atoms with Crippen molar-refractivity contribution in [2.45, 2.75) is 165 Å². The molecule has 6 unspecified atom stereocenters. The molecule has 7 nitrogen and oxygen atoms in total. The Kier molecular flexibility index (Phi) is 22.3. The van der Waals surface area contributed by atoms with Crippen LogP contribution in [0.5, 0.6) is 17.2 Å². The molecule has 3 aliphatic rings. The van der Waals surface area contributed by atoms with E-state index in [1.165, 1.54) is 89.0 Å². The monoisotopic (exact) mass is 970 g/mol. The van der Waals surface area contributed by atoms with Gasteiger partial charge in [-0.05, 0) is 102 Å². The van der Waals surface area contributed by atoms with Gasteiger partial charge in [-0.2, -0.15) is 11.8 Å². The van der Waals surface area contributed by atoms with Crippen LogP contribution in [0.25, 0.3) is 11.1 Å². The normalized spacial score (nSPS) is 21.9. The summed E-state index contributed by atoms with van der Waals surface area (Å²) in [6.45, 7) is 7.50. The Bertz CT molecular complexity index is 2180. The lowest BCUT2D eigenvalue weighted by Crippen LogP contribution is -2.64. The molecule has 0 spiro atoms. The van der Waals surface area contributed by atoms with E-state index in [1.54, 1.807) is 0 Å². The first-order chi connectivity index (χ1) is 34.6. The molecule has 1 heterocycles. The van der Waals surface area contributed by atoms with Crippen LogP contribution in [0.1, 0.15) is 159 Å². The molecule has 8 heteroatoms. The van der Waals surface area contributed by atoms with Crippen molar-refractivity contribution in [1.82, 2.24) is 0 Å². The van der Waals surface area contributed by atoms with Crippen LogP contribution in [0, 0.1) is 17.8 Å². The first kappa shape index (κ1) is 53.5. The second-order valence-corrected chi connectivity index (χ2v) is 21.3. The third kappa shape index (κ3) is 14.9. The molecule has 4 aromatic carbocycles. The van der Waals surface area contributed by atoms with Crippen LogP contribution in [0.3, 0.4) is 0 Å². The predicted octanol–water partition coefficient (Wildman–Crippen LogP) is 16.2. The van der Waals surface area contributed by atoms with E-state index in [2.05, 4.69) is 80.2 Å². The van der Waals surface area contributed by atoms with Gasteiger partial charge in [-0.15, -0.1) is 6.58 Å². The van der Waals surface area contributed by atoms with E-state index in [0.717, 1.165) is 95.9 Å². The van der Waals surface area contributed by atoms with Crippen LogP contribution < -0.4 is 9.47 Å². The molecule has 1 saturated carbocycles. The molecule has 2 N–H and O–H groups in total. The fourth-order valence-electron chi connectivity index (χ4n) is 11.3. The molecule has 7 rings (SSSR count). The van der Waals surface area contributed by atoms with Crippen LogP contribution in [-0.4, -0.2) is 52.5 Å².